The third-order valence-electron chi connectivity index (χ3n) is 5.52. The average molecular weight is 479 g/mol. The molecule has 0 aromatic heterocycles. The van der Waals surface area contributed by atoms with Gasteiger partial charge in [0.2, 0.25) is 11.4 Å². The third-order valence-corrected chi connectivity index (χ3v) is 7.45. The first-order valence-corrected chi connectivity index (χ1v) is 12.7. The first-order chi connectivity index (χ1) is 16.2. The van der Waals surface area contributed by atoms with E-state index < -0.39 is 31.6 Å². The number of carbonyl (C=O) groups is 2. The van der Waals surface area contributed by atoms with Crippen LogP contribution in [0.3, 0.4) is 0 Å². The highest BCUT2D eigenvalue weighted by atomic mass is 31.2. The Kier molecular flexibility index (Phi) is 8.29. The molecule has 0 saturated heterocycles. The number of carbonyl (C=O) groups excluding carboxylic acids is 1. The molecule has 3 aromatic carbocycles. The van der Waals surface area contributed by atoms with Gasteiger partial charge in [-0.05, 0) is 42.2 Å². The van der Waals surface area contributed by atoms with E-state index in [1.165, 1.54) is 6.92 Å². The lowest BCUT2D eigenvalue weighted by molar-refractivity contribution is -0.141. The molecule has 3 aromatic rings. The second-order valence-corrected chi connectivity index (χ2v) is 10.4. The molecular formula is C26H28N2O5P+. The molecular weight excluding hydrogens is 451 g/mol. The van der Waals surface area contributed by atoms with E-state index in [4.69, 9.17) is 10.5 Å². The van der Waals surface area contributed by atoms with Gasteiger partial charge in [0.25, 0.3) is 0 Å². The minimum absolute atomic E-state index is 0.165. The molecule has 2 atom stereocenters. The Labute approximate surface area is 199 Å². The summed E-state index contributed by atoms with van der Waals surface area (Å²) >= 11 is 0. The second kappa shape index (κ2) is 11.2. The van der Waals surface area contributed by atoms with Gasteiger partial charge in [0.05, 0.1) is 5.92 Å². The summed E-state index contributed by atoms with van der Waals surface area (Å²) in [5, 5.41) is 19.9. The summed E-state index contributed by atoms with van der Waals surface area (Å²) < 4.78 is 0. The van der Waals surface area contributed by atoms with Gasteiger partial charge in [0.15, 0.2) is 0 Å². The van der Waals surface area contributed by atoms with E-state index in [2.05, 4.69) is 5.32 Å². The van der Waals surface area contributed by atoms with Gasteiger partial charge in [-0.3, -0.25) is 15.0 Å². The van der Waals surface area contributed by atoms with E-state index in [1.54, 1.807) is 30.3 Å². The van der Waals surface area contributed by atoms with Crippen molar-refractivity contribution < 1.29 is 24.5 Å². The quantitative estimate of drug-likeness (QED) is 0.222. The first-order valence-electron chi connectivity index (χ1n) is 10.8. The van der Waals surface area contributed by atoms with Gasteiger partial charge in [-0.25, -0.2) is 9.79 Å². The summed E-state index contributed by atoms with van der Waals surface area (Å²) in [6.45, 7) is 1.35. The molecule has 0 bridgehead atoms. The fourth-order valence-electron chi connectivity index (χ4n) is 3.58. The van der Waals surface area contributed by atoms with Crippen LogP contribution in [0, 0.1) is 11.3 Å². The van der Waals surface area contributed by atoms with Gasteiger partial charge < -0.3 is 10.4 Å². The number of carboxylic acid groups (broad SMARTS) is 1. The van der Waals surface area contributed by atoms with Crippen LogP contribution in [0.25, 0.3) is 11.1 Å². The molecule has 34 heavy (non-hydrogen) atoms. The smallest absolute Gasteiger partial charge is 0.325 e. The maximum absolute atomic E-state index is 12.9. The minimum Gasteiger partial charge on any atom is -0.480 e. The van der Waals surface area contributed by atoms with Crippen molar-refractivity contribution in [2.75, 3.05) is 6.16 Å². The molecule has 0 fully saturated rings. The van der Waals surface area contributed by atoms with Crippen LogP contribution in [-0.4, -0.2) is 44.4 Å². The number of rotatable bonds is 10. The second-order valence-electron chi connectivity index (χ2n) is 8.16. The molecule has 0 aliphatic carbocycles. The van der Waals surface area contributed by atoms with Gasteiger partial charge in [0, 0.05) is 5.56 Å². The zero-order valence-corrected chi connectivity index (χ0v) is 19.7. The van der Waals surface area contributed by atoms with Crippen LogP contribution in [0.1, 0.15) is 18.1 Å². The lowest BCUT2D eigenvalue weighted by atomic mass is 9.97. The molecule has 0 radical (unpaired) electrons. The number of carboxylic acids is 1. The van der Waals surface area contributed by atoms with Crippen molar-refractivity contribution in [1.29, 1.82) is 5.41 Å². The van der Waals surface area contributed by atoms with Gasteiger partial charge in [-0.1, -0.05) is 72.8 Å². The molecule has 0 aliphatic heterocycles. The van der Waals surface area contributed by atoms with Crippen LogP contribution in [0.2, 0.25) is 0 Å². The minimum atomic E-state index is -3.95. The highest BCUT2D eigenvalue weighted by molar-refractivity contribution is 7.82. The molecule has 176 valence electrons. The van der Waals surface area contributed by atoms with Gasteiger partial charge in [-0.15, -0.1) is 0 Å². The monoisotopic (exact) mass is 479 g/mol. The molecule has 5 N–H and O–H groups in total. The van der Waals surface area contributed by atoms with Crippen LogP contribution < -0.4 is 5.32 Å². The van der Waals surface area contributed by atoms with Crippen molar-refractivity contribution in [3.8, 4) is 11.1 Å². The largest absolute Gasteiger partial charge is 0.480 e. The number of amides is 1. The van der Waals surface area contributed by atoms with E-state index in [9.17, 15) is 19.4 Å². The van der Waals surface area contributed by atoms with Crippen molar-refractivity contribution in [3.05, 3.63) is 96.1 Å². The summed E-state index contributed by atoms with van der Waals surface area (Å²) in [4.78, 5) is 45.8. The van der Waals surface area contributed by atoms with Crippen molar-refractivity contribution >= 4 is 25.0 Å². The average Bonchev–Trinajstić information content (AvgIpc) is 2.84. The lowest BCUT2D eigenvalue weighted by Gasteiger charge is -2.21. The number of hydrogen-bond acceptors (Lipinski definition) is 5. The Bertz CT molecular complexity index is 1130. The normalized spacial score (nSPS) is 13.0. The number of nitrogens with one attached hydrogen (secondary N) is 2. The molecule has 1 amide bonds. The standard InChI is InChI=1S/C26H27N2O5P/c1-18(26(30)31)28-25(29)23(17-34(32,33)24(27)22-10-6-3-7-11-22)16-19-12-14-21(15-13-19)20-8-4-2-5-9-20/h2-15,18,23,27,32-33H,16-17H2,1H3,(H-,28,29,30,31)/p+1/t18-,23?/m0/s1. The molecule has 8 heteroatoms. The number of aliphatic carboxylic acids is 1. The van der Waals surface area contributed by atoms with Crippen molar-refractivity contribution in [2.45, 2.75) is 19.4 Å². The molecule has 0 heterocycles. The molecule has 3 rings (SSSR count). The lowest BCUT2D eigenvalue weighted by Crippen LogP contribution is -2.43. The van der Waals surface area contributed by atoms with Gasteiger partial charge >= 0.3 is 13.7 Å². The molecule has 0 spiro atoms. The Balaban J connectivity index is 1.82. The Morgan fingerprint density at radius 1 is 0.882 bits per heavy atom. The Hall–Kier alpha value is -3.38. The predicted molar refractivity (Wildman–Crippen MR) is 134 cm³/mol. The van der Waals surface area contributed by atoms with E-state index in [1.807, 2.05) is 54.6 Å². The third kappa shape index (κ3) is 6.58. The highest BCUT2D eigenvalue weighted by Gasteiger charge is 2.45. The molecule has 1 unspecified atom stereocenters. The van der Waals surface area contributed by atoms with Crippen molar-refractivity contribution in [2.24, 2.45) is 5.92 Å². The fraction of sp³-hybridized carbons (Fsp3) is 0.192. The SMILES string of the molecule is C[C@H](NC(=O)C(Cc1ccc(-c2ccccc2)cc1)C[P+](O)(O)C(=N)c1ccccc1)C(=O)O. The Morgan fingerprint density at radius 2 is 1.41 bits per heavy atom. The van der Waals surface area contributed by atoms with Crippen LogP contribution >= 0.6 is 7.72 Å². The highest BCUT2D eigenvalue weighted by Crippen LogP contribution is 2.54. The van der Waals surface area contributed by atoms with Crippen LogP contribution in [0.4, 0.5) is 0 Å². The van der Waals surface area contributed by atoms with Crippen LogP contribution in [-0.2, 0) is 16.0 Å². The number of hydrogen-bond donors (Lipinski definition) is 5. The maximum Gasteiger partial charge on any atom is 0.325 e. The van der Waals surface area contributed by atoms with Crippen molar-refractivity contribution in [3.63, 3.8) is 0 Å². The zero-order chi connectivity index (χ0) is 24.7. The van der Waals surface area contributed by atoms with E-state index in [0.29, 0.717) is 5.56 Å². The maximum atomic E-state index is 12.9. The van der Waals surface area contributed by atoms with E-state index >= 15 is 0 Å². The van der Waals surface area contributed by atoms with Crippen LogP contribution in [0.5, 0.6) is 0 Å². The Morgan fingerprint density at radius 3 is 1.97 bits per heavy atom. The predicted octanol–water partition coefficient (Wildman–Crippen LogP) is 3.96. The summed E-state index contributed by atoms with van der Waals surface area (Å²) in [7, 11) is -3.95. The molecule has 0 saturated carbocycles. The van der Waals surface area contributed by atoms with Gasteiger partial charge in [-0.2, -0.15) is 0 Å². The van der Waals surface area contributed by atoms with Crippen molar-refractivity contribution in [1.82, 2.24) is 5.32 Å². The number of benzene rings is 3. The topological polar surface area (TPSA) is 131 Å². The summed E-state index contributed by atoms with van der Waals surface area (Å²) in [6, 6.07) is 24.6. The van der Waals surface area contributed by atoms with E-state index in [-0.39, 0.29) is 18.0 Å². The summed E-state index contributed by atoms with van der Waals surface area (Å²) in [6.07, 6.45) is -0.197. The zero-order valence-electron chi connectivity index (χ0n) is 18.8. The fourth-order valence-corrected chi connectivity index (χ4v) is 5.24. The molecule has 7 nitrogen and oxygen atoms in total. The van der Waals surface area contributed by atoms with Gasteiger partial charge in [0.1, 0.15) is 12.2 Å². The van der Waals surface area contributed by atoms with Crippen LogP contribution in [0.15, 0.2) is 84.9 Å². The van der Waals surface area contributed by atoms with E-state index in [0.717, 1.165) is 16.7 Å². The molecule has 0 aliphatic rings. The summed E-state index contributed by atoms with van der Waals surface area (Å²) in [5.41, 5.74) is 2.88. The summed E-state index contributed by atoms with van der Waals surface area (Å²) in [5.74, 6) is -2.72. The first kappa shape index (κ1) is 25.2.